The molecule has 0 aromatic rings. The van der Waals surface area contributed by atoms with E-state index in [0.717, 1.165) is 29.6 Å². The van der Waals surface area contributed by atoms with Crippen LogP contribution in [0.4, 0.5) is 0 Å². The van der Waals surface area contributed by atoms with E-state index in [1.54, 1.807) is 0 Å². The van der Waals surface area contributed by atoms with Gasteiger partial charge >= 0.3 is 0 Å². The molecule has 1 heteroatoms. The molecule has 9 atom stereocenters. The quantitative estimate of drug-likeness (QED) is 0.584. The number of hydrogen-bond donors (Lipinski definition) is 1. The first-order valence-corrected chi connectivity index (χ1v) is 12.1. The minimum Gasteiger partial charge on any atom is -0.393 e. The van der Waals surface area contributed by atoms with Gasteiger partial charge in [-0.3, -0.25) is 0 Å². The predicted molar refractivity (Wildman–Crippen MR) is 110 cm³/mol. The van der Waals surface area contributed by atoms with Crippen LogP contribution in [0.15, 0.2) is 0 Å². The van der Waals surface area contributed by atoms with Gasteiger partial charge in [0.15, 0.2) is 0 Å². The molecule has 0 amide bonds. The van der Waals surface area contributed by atoms with Crippen LogP contribution in [0.25, 0.3) is 0 Å². The Morgan fingerprint density at radius 3 is 2.38 bits per heavy atom. The van der Waals surface area contributed by atoms with E-state index >= 15 is 0 Å². The average Bonchev–Trinajstić information content (AvgIpc) is 2.59. The van der Waals surface area contributed by atoms with Crippen molar-refractivity contribution in [1.82, 2.24) is 0 Å². The summed E-state index contributed by atoms with van der Waals surface area (Å²) in [5.41, 5.74) is 1.06. The van der Waals surface area contributed by atoms with Gasteiger partial charge in [-0.25, -0.2) is 0 Å². The monoisotopic (exact) mass is 360 g/mol. The highest BCUT2D eigenvalue weighted by Gasteiger charge is 2.58. The van der Waals surface area contributed by atoms with Gasteiger partial charge in [0, 0.05) is 0 Å². The van der Waals surface area contributed by atoms with Crippen molar-refractivity contribution in [2.45, 2.75) is 111 Å². The van der Waals surface area contributed by atoms with E-state index in [2.05, 4.69) is 27.7 Å². The maximum Gasteiger partial charge on any atom is 0.0545 e. The standard InChI is InChI=1S/C25H44O/c1-5-7-18-10-11-22-19-13-15-25(4)21(17(2)26)8-6-9-23(25)20(19)12-14-24(22,3)16-18/h17-23,26H,5-16H2,1-4H3/t17?,18?,19?,20?,21?,22?,23?,24-,25-/m1/s1. The van der Waals surface area contributed by atoms with Crippen LogP contribution in [0.5, 0.6) is 0 Å². The van der Waals surface area contributed by atoms with Gasteiger partial charge in [0.25, 0.3) is 0 Å². The van der Waals surface area contributed by atoms with Crippen molar-refractivity contribution in [1.29, 1.82) is 0 Å². The SMILES string of the molecule is CCCC1CCC2C3CC[C@]4(C)C(C(C)O)CCCC4C3CC[C@]2(C)C1. The van der Waals surface area contributed by atoms with Crippen LogP contribution < -0.4 is 0 Å². The smallest absolute Gasteiger partial charge is 0.0545 e. The summed E-state index contributed by atoms with van der Waals surface area (Å²) in [6.45, 7) is 9.67. The molecule has 0 aromatic carbocycles. The second-order valence-electron chi connectivity index (χ2n) is 11.5. The minimum absolute atomic E-state index is 0.113. The van der Waals surface area contributed by atoms with Gasteiger partial charge in [0.1, 0.15) is 0 Å². The molecule has 4 aliphatic carbocycles. The minimum atomic E-state index is -0.113. The summed E-state index contributed by atoms with van der Waals surface area (Å²) in [6, 6.07) is 0. The first-order valence-electron chi connectivity index (χ1n) is 12.1. The van der Waals surface area contributed by atoms with E-state index in [1.807, 2.05) is 0 Å². The summed E-state index contributed by atoms with van der Waals surface area (Å²) >= 11 is 0. The lowest BCUT2D eigenvalue weighted by molar-refractivity contribution is -0.149. The Morgan fingerprint density at radius 2 is 1.65 bits per heavy atom. The fraction of sp³-hybridized carbons (Fsp3) is 1.00. The molecule has 1 nitrogen and oxygen atoms in total. The summed E-state index contributed by atoms with van der Waals surface area (Å²) in [5.74, 6) is 5.44. The van der Waals surface area contributed by atoms with Crippen LogP contribution in [0.1, 0.15) is 105 Å². The number of fused-ring (bicyclic) bond motifs is 5. The van der Waals surface area contributed by atoms with Crippen LogP contribution in [0.3, 0.4) is 0 Å². The number of hydrogen-bond acceptors (Lipinski definition) is 1. The molecule has 4 rings (SSSR count). The predicted octanol–water partition coefficient (Wildman–Crippen LogP) is 6.83. The lowest BCUT2D eigenvalue weighted by Gasteiger charge is -2.63. The molecule has 1 N–H and O–H groups in total. The van der Waals surface area contributed by atoms with E-state index in [1.165, 1.54) is 77.0 Å². The Kier molecular flexibility index (Phi) is 5.26. The maximum absolute atomic E-state index is 10.5. The molecule has 150 valence electrons. The van der Waals surface area contributed by atoms with E-state index in [9.17, 15) is 5.11 Å². The Morgan fingerprint density at radius 1 is 0.923 bits per heavy atom. The van der Waals surface area contributed by atoms with Crippen LogP contribution in [0.2, 0.25) is 0 Å². The number of aliphatic hydroxyl groups excluding tert-OH is 1. The number of rotatable bonds is 3. The normalized spacial score (nSPS) is 52.5. The Bertz CT molecular complexity index is 498. The van der Waals surface area contributed by atoms with Crippen LogP contribution >= 0.6 is 0 Å². The van der Waals surface area contributed by atoms with Gasteiger partial charge in [-0.2, -0.15) is 0 Å². The molecule has 0 spiro atoms. The molecule has 0 saturated heterocycles. The second-order valence-corrected chi connectivity index (χ2v) is 11.5. The molecule has 7 unspecified atom stereocenters. The highest BCUT2D eigenvalue weighted by atomic mass is 16.3. The fourth-order valence-corrected chi connectivity index (χ4v) is 9.11. The van der Waals surface area contributed by atoms with Gasteiger partial charge in [-0.05, 0) is 105 Å². The third kappa shape index (κ3) is 2.99. The molecule has 4 fully saturated rings. The molecule has 0 radical (unpaired) electrons. The number of aliphatic hydroxyl groups is 1. The van der Waals surface area contributed by atoms with Crippen molar-refractivity contribution in [3.8, 4) is 0 Å². The third-order valence-electron chi connectivity index (χ3n) is 10.2. The fourth-order valence-electron chi connectivity index (χ4n) is 9.11. The van der Waals surface area contributed by atoms with Crippen molar-refractivity contribution in [2.75, 3.05) is 0 Å². The van der Waals surface area contributed by atoms with E-state index in [0.29, 0.717) is 16.7 Å². The van der Waals surface area contributed by atoms with Gasteiger partial charge < -0.3 is 5.11 Å². The molecule has 4 saturated carbocycles. The average molecular weight is 361 g/mol. The van der Waals surface area contributed by atoms with Crippen molar-refractivity contribution >= 4 is 0 Å². The van der Waals surface area contributed by atoms with Crippen molar-refractivity contribution in [3.05, 3.63) is 0 Å². The van der Waals surface area contributed by atoms with Gasteiger partial charge in [0.2, 0.25) is 0 Å². The van der Waals surface area contributed by atoms with Crippen molar-refractivity contribution in [3.63, 3.8) is 0 Å². The van der Waals surface area contributed by atoms with Gasteiger partial charge in [0.05, 0.1) is 6.10 Å². The topological polar surface area (TPSA) is 20.2 Å². The van der Waals surface area contributed by atoms with Crippen molar-refractivity contribution < 1.29 is 5.11 Å². The largest absolute Gasteiger partial charge is 0.393 e. The highest BCUT2D eigenvalue weighted by Crippen LogP contribution is 2.66. The second kappa shape index (κ2) is 7.09. The van der Waals surface area contributed by atoms with E-state index in [4.69, 9.17) is 0 Å². The van der Waals surface area contributed by atoms with Gasteiger partial charge in [-0.1, -0.05) is 46.5 Å². The lowest BCUT2D eigenvalue weighted by Crippen LogP contribution is -2.56. The zero-order valence-electron chi connectivity index (χ0n) is 18.0. The Hall–Kier alpha value is -0.0400. The van der Waals surface area contributed by atoms with Crippen molar-refractivity contribution in [2.24, 2.45) is 46.3 Å². The summed E-state index contributed by atoms with van der Waals surface area (Å²) < 4.78 is 0. The van der Waals surface area contributed by atoms with Crippen LogP contribution in [-0.2, 0) is 0 Å². The zero-order valence-corrected chi connectivity index (χ0v) is 18.0. The summed E-state index contributed by atoms with van der Waals surface area (Å²) in [7, 11) is 0. The van der Waals surface area contributed by atoms with E-state index in [-0.39, 0.29) is 6.10 Å². The highest BCUT2D eigenvalue weighted by molar-refractivity contribution is 5.07. The molecule has 0 heterocycles. The molecular weight excluding hydrogens is 316 g/mol. The first-order chi connectivity index (χ1) is 12.4. The summed E-state index contributed by atoms with van der Waals surface area (Å²) in [6.07, 6.45) is 17.2. The molecule has 26 heavy (non-hydrogen) atoms. The molecule has 0 aliphatic heterocycles. The van der Waals surface area contributed by atoms with Crippen LogP contribution in [0, 0.1) is 46.3 Å². The lowest BCUT2D eigenvalue weighted by atomic mass is 9.42. The first kappa shape index (κ1) is 19.3. The summed E-state index contributed by atoms with van der Waals surface area (Å²) in [4.78, 5) is 0. The Labute approximate surface area is 162 Å². The van der Waals surface area contributed by atoms with E-state index < -0.39 is 0 Å². The van der Waals surface area contributed by atoms with Gasteiger partial charge in [-0.15, -0.1) is 0 Å². The van der Waals surface area contributed by atoms with Crippen LogP contribution in [-0.4, -0.2) is 11.2 Å². The maximum atomic E-state index is 10.5. The molecular formula is C25H44O. The summed E-state index contributed by atoms with van der Waals surface area (Å²) in [5, 5.41) is 10.5. The zero-order chi connectivity index (χ0) is 18.5. The third-order valence-corrected chi connectivity index (χ3v) is 10.2. The molecule has 4 aliphatic rings. The molecule has 0 aromatic heterocycles. The molecule has 0 bridgehead atoms. The Balaban J connectivity index is 1.54.